The molecular weight excluding hydrogens is 440 g/mol. The van der Waals surface area contributed by atoms with Crippen LogP contribution in [0.4, 0.5) is 4.79 Å². The number of ether oxygens (including phenoxy) is 1. The number of carboxylic acid groups (broad SMARTS) is 1. The van der Waals surface area contributed by atoms with Crippen molar-refractivity contribution in [1.82, 2.24) is 15.5 Å². The topological polar surface area (TPSA) is 151 Å². The van der Waals surface area contributed by atoms with Crippen LogP contribution in [0.2, 0.25) is 0 Å². The van der Waals surface area contributed by atoms with E-state index in [1.54, 1.807) is 45.0 Å². The van der Waals surface area contributed by atoms with Gasteiger partial charge in [-0.2, -0.15) is 0 Å². The number of carbonyl (C=O) groups excluding carboxylic acids is 3. The van der Waals surface area contributed by atoms with Crippen molar-refractivity contribution in [1.29, 1.82) is 0 Å². The number of likely N-dealkylation sites (tertiary alicyclic amines) is 1. The van der Waals surface area contributed by atoms with Crippen LogP contribution in [-0.2, 0) is 14.4 Å². The third kappa shape index (κ3) is 4.59. The average Bonchev–Trinajstić information content (AvgIpc) is 3.24. The molecule has 2 aliphatic heterocycles. The molecule has 186 valence electrons. The highest BCUT2D eigenvalue weighted by Crippen LogP contribution is 2.51. The van der Waals surface area contributed by atoms with Gasteiger partial charge in [0.15, 0.2) is 0 Å². The molecule has 0 spiro atoms. The fraction of sp³-hybridized carbons (Fsp3) is 0.583. The first-order chi connectivity index (χ1) is 15.9. The molecule has 5 N–H and O–H groups in total. The monoisotopic (exact) mass is 474 g/mol. The maximum atomic E-state index is 13.5. The van der Waals surface area contributed by atoms with E-state index in [0.29, 0.717) is 17.9 Å². The summed E-state index contributed by atoms with van der Waals surface area (Å²) in [6.07, 6.45) is 1.16. The predicted molar refractivity (Wildman–Crippen MR) is 124 cm³/mol. The van der Waals surface area contributed by atoms with Gasteiger partial charge in [0.1, 0.15) is 11.3 Å². The summed E-state index contributed by atoms with van der Waals surface area (Å²) >= 11 is 0. The molecule has 10 nitrogen and oxygen atoms in total. The van der Waals surface area contributed by atoms with Crippen LogP contribution in [0.25, 0.3) is 0 Å². The molecule has 0 saturated carbocycles. The molecule has 0 aliphatic carbocycles. The van der Waals surface area contributed by atoms with E-state index in [1.165, 1.54) is 4.90 Å². The van der Waals surface area contributed by atoms with Crippen LogP contribution < -0.4 is 21.1 Å². The van der Waals surface area contributed by atoms with Crippen molar-refractivity contribution in [2.45, 2.75) is 64.1 Å². The normalized spacial score (nSPS) is 26.5. The fourth-order valence-corrected chi connectivity index (χ4v) is 5.05. The van der Waals surface area contributed by atoms with E-state index in [1.807, 2.05) is 6.92 Å². The van der Waals surface area contributed by atoms with Crippen LogP contribution in [0.3, 0.4) is 0 Å². The molecule has 0 aromatic heterocycles. The standard InChI is InChI=1S/C24H34N4O6/c1-5-13-34-15-9-7-14(8-10-15)18-16-17(20(30)28(19(16)29)23(2,3)4)24(27-18,21(31)32)11-6-12-26-22(25)33/h7-10,16-18,27H,5-6,11-13H2,1-4H3,(H,31,32)(H3,25,26,33). The largest absolute Gasteiger partial charge is 0.494 e. The van der Waals surface area contributed by atoms with Crippen LogP contribution in [0.1, 0.15) is 58.6 Å². The van der Waals surface area contributed by atoms with Crippen LogP contribution in [-0.4, -0.2) is 58.1 Å². The SMILES string of the molecule is CCCOc1ccc(C2NC(CCCNC(N)=O)(C(=O)O)C3C(=O)N(C(C)(C)C)C(=O)C23)cc1. The minimum absolute atomic E-state index is 0.0367. The number of primary amides is 1. The van der Waals surface area contributed by atoms with Gasteiger partial charge in [0, 0.05) is 18.1 Å². The number of rotatable bonds is 9. The first kappa shape index (κ1) is 25.5. The van der Waals surface area contributed by atoms with E-state index in [0.717, 1.165) is 6.42 Å². The quantitative estimate of drug-likeness (QED) is 0.315. The molecule has 1 aromatic rings. The Morgan fingerprint density at radius 1 is 1.21 bits per heavy atom. The number of imide groups is 1. The molecule has 1 aromatic carbocycles. The molecular formula is C24H34N4O6. The number of fused-ring (bicyclic) bond motifs is 1. The Bertz CT molecular complexity index is 957. The summed E-state index contributed by atoms with van der Waals surface area (Å²) in [6.45, 7) is 8.00. The maximum Gasteiger partial charge on any atom is 0.324 e. The van der Waals surface area contributed by atoms with Crippen LogP contribution >= 0.6 is 0 Å². The Morgan fingerprint density at radius 3 is 2.38 bits per heavy atom. The van der Waals surface area contributed by atoms with Crippen molar-refractivity contribution < 1.29 is 29.0 Å². The molecule has 34 heavy (non-hydrogen) atoms. The van der Waals surface area contributed by atoms with Gasteiger partial charge >= 0.3 is 12.0 Å². The highest BCUT2D eigenvalue weighted by atomic mass is 16.5. The molecule has 2 aliphatic rings. The van der Waals surface area contributed by atoms with Crippen LogP contribution in [0.5, 0.6) is 5.75 Å². The number of carboxylic acids is 1. The van der Waals surface area contributed by atoms with Gasteiger partial charge in [0.25, 0.3) is 0 Å². The Morgan fingerprint density at radius 2 is 1.85 bits per heavy atom. The lowest BCUT2D eigenvalue weighted by atomic mass is 9.77. The van der Waals surface area contributed by atoms with Crippen molar-refractivity contribution in [3.63, 3.8) is 0 Å². The second kappa shape index (κ2) is 9.61. The first-order valence-corrected chi connectivity index (χ1v) is 11.6. The minimum atomic E-state index is -1.67. The van der Waals surface area contributed by atoms with Gasteiger partial charge in [-0.05, 0) is 57.7 Å². The number of benzene rings is 1. The second-order valence-electron chi connectivity index (χ2n) is 9.90. The van der Waals surface area contributed by atoms with E-state index >= 15 is 0 Å². The van der Waals surface area contributed by atoms with Gasteiger partial charge in [-0.15, -0.1) is 0 Å². The van der Waals surface area contributed by atoms with Gasteiger partial charge in [0.2, 0.25) is 11.8 Å². The molecule has 3 rings (SSSR count). The number of carbonyl (C=O) groups is 4. The van der Waals surface area contributed by atoms with Crippen molar-refractivity contribution >= 4 is 23.8 Å². The lowest BCUT2D eigenvalue weighted by molar-refractivity contribution is -0.154. The molecule has 4 atom stereocenters. The smallest absolute Gasteiger partial charge is 0.324 e. The van der Waals surface area contributed by atoms with Crippen LogP contribution in [0, 0.1) is 11.8 Å². The van der Waals surface area contributed by atoms with Gasteiger partial charge in [-0.3, -0.25) is 24.6 Å². The zero-order chi connectivity index (χ0) is 25.3. The number of urea groups is 1. The van der Waals surface area contributed by atoms with Crippen LogP contribution in [0.15, 0.2) is 24.3 Å². The summed E-state index contributed by atoms with van der Waals surface area (Å²) in [6, 6.07) is 5.77. The van der Waals surface area contributed by atoms with E-state index < -0.39 is 46.9 Å². The number of amides is 4. The van der Waals surface area contributed by atoms with E-state index in [4.69, 9.17) is 10.5 Å². The zero-order valence-electron chi connectivity index (χ0n) is 20.1. The first-order valence-electron chi connectivity index (χ1n) is 11.6. The summed E-state index contributed by atoms with van der Waals surface area (Å²) in [5, 5.41) is 15.9. The van der Waals surface area contributed by atoms with E-state index in [9.17, 15) is 24.3 Å². The third-order valence-electron chi connectivity index (χ3n) is 6.47. The zero-order valence-corrected chi connectivity index (χ0v) is 20.1. The Kier molecular flexibility index (Phi) is 7.21. The van der Waals surface area contributed by atoms with Gasteiger partial charge in [-0.25, -0.2) is 4.79 Å². The van der Waals surface area contributed by atoms with Gasteiger partial charge in [-0.1, -0.05) is 19.1 Å². The number of hydrogen-bond donors (Lipinski definition) is 4. The van der Waals surface area contributed by atoms with E-state index in [2.05, 4.69) is 10.6 Å². The maximum absolute atomic E-state index is 13.5. The van der Waals surface area contributed by atoms with Gasteiger partial charge in [0.05, 0.1) is 18.4 Å². The molecule has 10 heteroatoms. The molecule has 0 radical (unpaired) electrons. The van der Waals surface area contributed by atoms with Crippen molar-refractivity contribution in [2.24, 2.45) is 17.6 Å². The molecule has 2 saturated heterocycles. The number of hydrogen-bond acceptors (Lipinski definition) is 6. The fourth-order valence-electron chi connectivity index (χ4n) is 5.05. The Balaban J connectivity index is 2.01. The van der Waals surface area contributed by atoms with Crippen molar-refractivity contribution in [3.8, 4) is 5.75 Å². The Hall–Kier alpha value is -3.14. The minimum Gasteiger partial charge on any atom is -0.494 e. The molecule has 4 unspecified atom stereocenters. The third-order valence-corrected chi connectivity index (χ3v) is 6.47. The number of nitrogens with zero attached hydrogens (tertiary/aromatic N) is 1. The number of nitrogens with one attached hydrogen (secondary N) is 2. The number of aliphatic carboxylic acids is 1. The van der Waals surface area contributed by atoms with Gasteiger partial charge < -0.3 is 20.9 Å². The second-order valence-corrected chi connectivity index (χ2v) is 9.90. The summed E-state index contributed by atoms with van der Waals surface area (Å²) < 4.78 is 5.63. The predicted octanol–water partition coefficient (Wildman–Crippen LogP) is 1.79. The summed E-state index contributed by atoms with van der Waals surface area (Å²) in [5.74, 6) is -3.35. The highest BCUT2D eigenvalue weighted by Gasteiger charge is 2.69. The van der Waals surface area contributed by atoms with Crippen molar-refractivity contribution in [2.75, 3.05) is 13.2 Å². The lowest BCUT2D eigenvalue weighted by Gasteiger charge is -2.35. The summed E-state index contributed by atoms with van der Waals surface area (Å²) in [7, 11) is 0. The number of nitrogens with two attached hydrogens (primary N) is 1. The highest BCUT2D eigenvalue weighted by molar-refractivity contribution is 6.10. The van der Waals surface area contributed by atoms with E-state index in [-0.39, 0.29) is 25.3 Å². The molecule has 4 amide bonds. The summed E-state index contributed by atoms with van der Waals surface area (Å²) in [5.41, 5.74) is 3.36. The summed E-state index contributed by atoms with van der Waals surface area (Å²) in [4.78, 5) is 52.0. The average molecular weight is 475 g/mol. The lowest BCUT2D eigenvalue weighted by Crippen LogP contribution is -2.57. The molecule has 0 bridgehead atoms. The molecule has 2 fully saturated rings. The molecule has 2 heterocycles. The van der Waals surface area contributed by atoms with Crippen molar-refractivity contribution in [3.05, 3.63) is 29.8 Å². The Labute approximate surface area is 199 Å².